The zero-order valence-electron chi connectivity index (χ0n) is 19.0. The van der Waals surface area contributed by atoms with E-state index in [4.69, 9.17) is 9.56 Å². The van der Waals surface area contributed by atoms with Crippen molar-refractivity contribution in [3.63, 3.8) is 0 Å². The van der Waals surface area contributed by atoms with Crippen LogP contribution in [0.1, 0.15) is 74.1 Å². The highest BCUT2D eigenvalue weighted by Gasteiger charge is 2.27. The molecule has 0 saturated heterocycles. The number of nitrogens with one attached hydrogen (secondary N) is 1. The molecule has 1 heterocycles. The van der Waals surface area contributed by atoms with Crippen molar-refractivity contribution in [2.45, 2.75) is 83.8 Å². The average molecular weight is 448 g/mol. The molecule has 31 heavy (non-hydrogen) atoms. The Hall–Kier alpha value is -2.16. The number of rotatable bonds is 6. The Morgan fingerprint density at radius 2 is 2.03 bits per heavy atom. The highest BCUT2D eigenvalue weighted by atomic mass is 32.2. The minimum atomic E-state index is -3.61. The number of anilines is 1. The fourth-order valence-electron chi connectivity index (χ4n) is 4.40. The molecule has 2 amide bonds. The summed E-state index contributed by atoms with van der Waals surface area (Å²) in [6.07, 6.45) is 5.68. The van der Waals surface area contributed by atoms with Crippen LogP contribution in [0.25, 0.3) is 0 Å². The largest absolute Gasteiger partial charge is 0.450 e. The lowest BCUT2D eigenvalue weighted by Crippen LogP contribution is -2.19. The number of aliphatic hydroxyl groups is 1. The molecule has 8 heteroatoms. The summed E-state index contributed by atoms with van der Waals surface area (Å²) < 4.78 is 22.3. The SMILES string of the molecule is CCCc1cc2c(c(NC(=O)N=S(N)(=O)c3cc(C(C)(C)O)c(C)o3)c1CC)CCC2. The number of hydrogen-bond donors (Lipinski definition) is 3. The maximum Gasteiger partial charge on any atom is 0.354 e. The second-order valence-electron chi connectivity index (χ2n) is 8.67. The van der Waals surface area contributed by atoms with Crippen molar-refractivity contribution in [1.29, 1.82) is 0 Å². The van der Waals surface area contributed by atoms with Crippen molar-refractivity contribution in [2.24, 2.45) is 9.50 Å². The summed E-state index contributed by atoms with van der Waals surface area (Å²) in [5.74, 6) is 0.384. The van der Waals surface area contributed by atoms with E-state index < -0.39 is 21.5 Å². The Kier molecular flexibility index (Phi) is 6.64. The summed E-state index contributed by atoms with van der Waals surface area (Å²) in [7, 11) is -3.61. The first-order valence-corrected chi connectivity index (χ1v) is 12.4. The molecular formula is C23H33N3O4S. The number of fused-ring (bicyclic) bond motifs is 1. The number of hydrogen-bond acceptors (Lipinski definition) is 4. The number of nitrogens with zero attached hydrogens (tertiary/aromatic N) is 1. The Bertz CT molecular complexity index is 1120. The number of carbonyl (C=O) groups is 1. The summed E-state index contributed by atoms with van der Waals surface area (Å²) in [5, 5.41) is 18.9. The van der Waals surface area contributed by atoms with Gasteiger partial charge in [0.05, 0.1) is 5.60 Å². The lowest BCUT2D eigenvalue weighted by atomic mass is 9.93. The van der Waals surface area contributed by atoms with Crippen LogP contribution in [0.2, 0.25) is 0 Å². The van der Waals surface area contributed by atoms with E-state index in [1.807, 2.05) is 0 Å². The molecule has 0 aliphatic heterocycles. The third-order valence-corrected chi connectivity index (χ3v) is 6.98. The molecule has 1 aromatic heterocycles. The number of carbonyl (C=O) groups excluding carboxylic acids is 1. The van der Waals surface area contributed by atoms with Crippen molar-refractivity contribution in [2.75, 3.05) is 5.32 Å². The van der Waals surface area contributed by atoms with Gasteiger partial charge in [0.15, 0.2) is 9.92 Å². The molecule has 4 N–H and O–H groups in total. The first kappa shape index (κ1) is 23.5. The quantitative estimate of drug-likeness (QED) is 0.592. The van der Waals surface area contributed by atoms with Crippen molar-refractivity contribution >= 4 is 21.6 Å². The van der Waals surface area contributed by atoms with Gasteiger partial charge in [0.2, 0.25) is 5.09 Å². The fraction of sp³-hybridized carbons (Fsp3) is 0.522. The summed E-state index contributed by atoms with van der Waals surface area (Å²) in [5.41, 5.74) is 4.80. The summed E-state index contributed by atoms with van der Waals surface area (Å²) in [6.45, 7) is 9.03. The van der Waals surface area contributed by atoms with Crippen molar-refractivity contribution < 1.29 is 18.5 Å². The van der Waals surface area contributed by atoms with Crippen LogP contribution in [0.3, 0.4) is 0 Å². The van der Waals surface area contributed by atoms with Crippen LogP contribution in [-0.2, 0) is 41.2 Å². The predicted octanol–water partition coefficient (Wildman–Crippen LogP) is 4.75. The number of benzene rings is 1. The van der Waals surface area contributed by atoms with Gasteiger partial charge < -0.3 is 14.8 Å². The normalized spacial score (nSPS) is 15.5. The maximum absolute atomic E-state index is 13.0. The van der Waals surface area contributed by atoms with Crippen molar-refractivity contribution in [3.05, 3.63) is 45.7 Å². The third-order valence-electron chi connectivity index (χ3n) is 5.77. The molecule has 3 rings (SSSR count). The van der Waals surface area contributed by atoms with Crippen LogP contribution in [0, 0.1) is 6.92 Å². The molecule has 1 atom stereocenters. The van der Waals surface area contributed by atoms with E-state index in [1.54, 1.807) is 20.8 Å². The second kappa shape index (κ2) is 8.76. The highest BCUT2D eigenvalue weighted by Crippen LogP contribution is 2.36. The van der Waals surface area contributed by atoms with E-state index in [1.165, 1.54) is 17.2 Å². The van der Waals surface area contributed by atoms with E-state index in [0.29, 0.717) is 11.3 Å². The van der Waals surface area contributed by atoms with Gasteiger partial charge in [-0.3, -0.25) is 0 Å². The zero-order valence-corrected chi connectivity index (χ0v) is 19.8. The minimum Gasteiger partial charge on any atom is -0.450 e. The first-order chi connectivity index (χ1) is 14.5. The minimum absolute atomic E-state index is 0.127. The van der Waals surface area contributed by atoms with Gasteiger partial charge in [0, 0.05) is 17.3 Å². The molecule has 1 aliphatic carbocycles. The lowest BCUT2D eigenvalue weighted by Gasteiger charge is -2.18. The molecule has 0 saturated carbocycles. The van der Waals surface area contributed by atoms with Gasteiger partial charge in [-0.1, -0.05) is 26.3 Å². The molecule has 0 fully saturated rings. The van der Waals surface area contributed by atoms with Crippen molar-refractivity contribution in [3.8, 4) is 0 Å². The Morgan fingerprint density at radius 1 is 1.32 bits per heavy atom. The number of amides is 2. The molecule has 0 spiro atoms. The number of nitrogens with two attached hydrogens (primary N) is 1. The topological polar surface area (TPSA) is 118 Å². The zero-order chi connectivity index (χ0) is 23.0. The van der Waals surface area contributed by atoms with E-state index in [0.717, 1.165) is 55.3 Å². The highest BCUT2D eigenvalue weighted by molar-refractivity contribution is 7.91. The number of urea groups is 1. The molecule has 0 radical (unpaired) electrons. The van der Waals surface area contributed by atoms with Gasteiger partial charge in [-0.05, 0) is 75.1 Å². The van der Waals surface area contributed by atoms with E-state index in [2.05, 4.69) is 29.6 Å². The van der Waals surface area contributed by atoms with Gasteiger partial charge >= 0.3 is 6.03 Å². The standard InChI is InChI=1S/C23H33N3O4S/c1-6-9-15-12-16-10-8-11-18(16)21(17(15)7-2)25-22(27)26-31(24,29)20-13-19(14(3)30-20)23(4,5)28/h12-13,28H,6-11H2,1-5H3,(H3,24,25,26,27,29). The molecule has 0 bridgehead atoms. The van der Waals surface area contributed by atoms with Crippen LogP contribution in [0.4, 0.5) is 10.5 Å². The predicted molar refractivity (Wildman–Crippen MR) is 123 cm³/mol. The average Bonchev–Trinajstić information content (AvgIpc) is 3.28. The lowest BCUT2D eigenvalue weighted by molar-refractivity contribution is 0.0769. The van der Waals surface area contributed by atoms with Crippen molar-refractivity contribution in [1.82, 2.24) is 0 Å². The van der Waals surface area contributed by atoms with Crippen LogP contribution in [0.5, 0.6) is 0 Å². The van der Waals surface area contributed by atoms with E-state index in [-0.39, 0.29) is 5.09 Å². The Labute approximate surface area is 184 Å². The smallest absolute Gasteiger partial charge is 0.354 e. The fourth-order valence-corrected chi connectivity index (χ4v) is 5.32. The summed E-state index contributed by atoms with van der Waals surface area (Å²) >= 11 is 0. The second-order valence-corrected chi connectivity index (χ2v) is 10.4. The van der Waals surface area contributed by atoms with Crippen LogP contribution < -0.4 is 10.5 Å². The number of furan rings is 1. The molecule has 1 unspecified atom stereocenters. The van der Waals surface area contributed by atoms with Gasteiger partial charge in [0.1, 0.15) is 5.76 Å². The monoisotopic (exact) mass is 447 g/mol. The third kappa shape index (κ3) is 4.86. The van der Waals surface area contributed by atoms with Crippen LogP contribution >= 0.6 is 0 Å². The number of aryl methyl sites for hydroxylation is 3. The van der Waals surface area contributed by atoms with Gasteiger partial charge in [-0.15, -0.1) is 4.36 Å². The molecule has 1 aliphatic rings. The molecule has 170 valence electrons. The van der Waals surface area contributed by atoms with Crippen LogP contribution in [-0.4, -0.2) is 15.3 Å². The van der Waals surface area contributed by atoms with E-state index >= 15 is 0 Å². The molecule has 7 nitrogen and oxygen atoms in total. The van der Waals surface area contributed by atoms with Gasteiger partial charge in [-0.25, -0.2) is 14.1 Å². The summed E-state index contributed by atoms with van der Waals surface area (Å²) in [4.78, 5) is 12.8. The van der Waals surface area contributed by atoms with E-state index in [9.17, 15) is 14.1 Å². The van der Waals surface area contributed by atoms with Gasteiger partial charge in [-0.2, -0.15) is 0 Å². The molecular weight excluding hydrogens is 414 g/mol. The molecule has 2 aromatic rings. The Balaban J connectivity index is 1.98. The maximum atomic E-state index is 13.0. The van der Waals surface area contributed by atoms with Crippen LogP contribution in [0.15, 0.2) is 26.0 Å². The first-order valence-electron chi connectivity index (χ1n) is 10.8. The Morgan fingerprint density at radius 3 is 2.61 bits per heavy atom. The van der Waals surface area contributed by atoms with Gasteiger partial charge in [0.25, 0.3) is 0 Å². The molecule has 1 aromatic carbocycles. The summed E-state index contributed by atoms with van der Waals surface area (Å²) in [6, 6.07) is 2.92.